The fourth-order valence-corrected chi connectivity index (χ4v) is 3.56. The molecule has 0 aliphatic carbocycles. The van der Waals surface area contributed by atoms with E-state index in [0.29, 0.717) is 10.7 Å². The van der Waals surface area contributed by atoms with Crippen LogP contribution in [0.15, 0.2) is 64.9 Å². The molecule has 3 rings (SSSR count). The Morgan fingerprint density at radius 2 is 1.90 bits per heavy atom. The fraction of sp³-hybridized carbons (Fsp3) is 0.318. The van der Waals surface area contributed by atoms with Crippen LogP contribution in [0, 0.1) is 16.7 Å². The van der Waals surface area contributed by atoms with Crippen molar-refractivity contribution in [1.29, 1.82) is 5.26 Å². The Labute approximate surface area is 174 Å². The Balaban J connectivity index is 1.67. The molecule has 6 nitrogen and oxygen atoms in total. The topological polar surface area (TPSA) is 84.5 Å². The van der Waals surface area contributed by atoms with Gasteiger partial charge in [0.1, 0.15) is 0 Å². The predicted octanol–water partition coefficient (Wildman–Crippen LogP) is 3.84. The van der Waals surface area contributed by atoms with Crippen molar-refractivity contribution in [2.24, 2.45) is 5.41 Å². The zero-order valence-electron chi connectivity index (χ0n) is 16.6. The number of hydrogen-bond donors (Lipinski definition) is 0. The van der Waals surface area contributed by atoms with E-state index < -0.39 is 0 Å². The monoisotopic (exact) mass is 405 g/mol. The summed E-state index contributed by atoms with van der Waals surface area (Å²) in [5, 5.41) is 9.59. The third-order valence-electron chi connectivity index (χ3n) is 4.53. The van der Waals surface area contributed by atoms with Crippen molar-refractivity contribution in [2.75, 3.05) is 5.75 Å². The fourth-order valence-electron chi connectivity index (χ4n) is 2.70. The molecule has 0 saturated heterocycles. The standard InChI is InChI=1S/C22H23N5OS/c1-22(2,16-23)10-8-18-6-7-19(15-26-18)27-13-12-25-20(21(27)28)29-14-9-17-5-3-4-11-24-17/h3-7,11-13,15H,8-10,14H2,1-2H3. The summed E-state index contributed by atoms with van der Waals surface area (Å²) in [6.45, 7) is 3.84. The van der Waals surface area contributed by atoms with E-state index in [9.17, 15) is 4.79 Å². The molecule has 3 aromatic heterocycles. The lowest BCUT2D eigenvalue weighted by Crippen LogP contribution is -2.21. The van der Waals surface area contributed by atoms with Crippen LogP contribution >= 0.6 is 11.8 Å². The minimum absolute atomic E-state index is 0.154. The number of pyridine rings is 2. The largest absolute Gasteiger partial charge is 0.287 e. The van der Waals surface area contributed by atoms with Gasteiger partial charge in [0.25, 0.3) is 5.56 Å². The Morgan fingerprint density at radius 3 is 2.59 bits per heavy atom. The van der Waals surface area contributed by atoms with Crippen molar-refractivity contribution in [3.05, 3.63) is 76.9 Å². The highest BCUT2D eigenvalue weighted by Crippen LogP contribution is 2.21. The van der Waals surface area contributed by atoms with Crippen LogP contribution in [0.1, 0.15) is 31.7 Å². The third-order valence-corrected chi connectivity index (χ3v) is 5.49. The van der Waals surface area contributed by atoms with Crippen LogP contribution in [0.5, 0.6) is 0 Å². The van der Waals surface area contributed by atoms with Crippen molar-refractivity contribution in [1.82, 2.24) is 19.5 Å². The molecular weight excluding hydrogens is 382 g/mol. The molecule has 29 heavy (non-hydrogen) atoms. The Hall–Kier alpha value is -2.98. The summed E-state index contributed by atoms with van der Waals surface area (Å²) < 4.78 is 1.56. The number of aryl methyl sites for hydroxylation is 2. The maximum atomic E-state index is 12.8. The van der Waals surface area contributed by atoms with Crippen LogP contribution in [-0.4, -0.2) is 25.3 Å². The van der Waals surface area contributed by atoms with E-state index >= 15 is 0 Å². The molecule has 0 fully saturated rings. The molecular formula is C22H23N5OS. The first-order valence-electron chi connectivity index (χ1n) is 9.45. The quantitative estimate of drug-likeness (QED) is 0.530. The van der Waals surface area contributed by atoms with Crippen molar-refractivity contribution >= 4 is 11.8 Å². The maximum absolute atomic E-state index is 12.8. The second kappa shape index (κ2) is 9.48. The lowest BCUT2D eigenvalue weighted by Gasteiger charge is -2.14. The van der Waals surface area contributed by atoms with Crippen LogP contribution in [0.2, 0.25) is 0 Å². The smallest absolute Gasteiger partial charge is 0.279 e. The molecule has 0 saturated carbocycles. The van der Waals surface area contributed by atoms with Crippen molar-refractivity contribution in [2.45, 2.75) is 38.1 Å². The van der Waals surface area contributed by atoms with Crippen molar-refractivity contribution in [3.8, 4) is 11.8 Å². The molecule has 148 valence electrons. The first-order chi connectivity index (χ1) is 14.0. The lowest BCUT2D eigenvalue weighted by atomic mass is 9.89. The molecule has 0 N–H and O–H groups in total. The lowest BCUT2D eigenvalue weighted by molar-refractivity contribution is 0.450. The molecule has 0 aliphatic heterocycles. The summed E-state index contributed by atoms with van der Waals surface area (Å²) in [5.74, 6) is 0.731. The average Bonchev–Trinajstić information content (AvgIpc) is 2.75. The zero-order valence-corrected chi connectivity index (χ0v) is 17.4. The van der Waals surface area contributed by atoms with Gasteiger partial charge in [0, 0.05) is 35.7 Å². The summed E-state index contributed by atoms with van der Waals surface area (Å²) in [6.07, 6.45) is 8.98. The van der Waals surface area contributed by atoms with Crippen molar-refractivity contribution in [3.63, 3.8) is 0 Å². The summed E-state index contributed by atoms with van der Waals surface area (Å²) >= 11 is 1.43. The molecule has 0 aromatic carbocycles. The predicted molar refractivity (Wildman–Crippen MR) is 114 cm³/mol. The van der Waals surface area contributed by atoms with E-state index in [1.54, 1.807) is 29.4 Å². The first-order valence-corrected chi connectivity index (χ1v) is 10.4. The van der Waals surface area contributed by atoms with Gasteiger partial charge >= 0.3 is 0 Å². The van der Waals surface area contributed by atoms with Gasteiger partial charge in [0.2, 0.25) is 0 Å². The summed E-state index contributed by atoms with van der Waals surface area (Å²) in [7, 11) is 0. The van der Waals surface area contributed by atoms with E-state index in [1.165, 1.54) is 11.8 Å². The zero-order chi connectivity index (χ0) is 20.7. The van der Waals surface area contributed by atoms with Gasteiger partial charge in [-0.2, -0.15) is 5.26 Å². The van der Waals surface area contributed by atoms with Gasteiger partial charge in [-0.25, -0.2) is 4.98 Å². The van der Waals surface area contributed by atoms with E-state index in [-0.39, 0.29) is 11.0 Å². The van der Waals surface area contributed by atoms with E-state index in [0.717, 1.165) is 36.4 Å². The average molecular weight is 406 g/mol. The van der Waals surface area contributed by atoms with E-state index in [4.69, 9.17) is 5.26 Å². The summed E-state index contributed by atoms with van der Waals surface area (Å²) in [6, 6.07) is 11.9. The third kappa shape index (κ3) is 5.75. The second-order valence-electron chi connectivity index (χ2n) is 7.33. The molecule has 0 unspecified atom stereocenters. The summed E-state index contributed by atoms with van der Waals surface area (Å²) in [5.41, 5.74) is 2.08. The van der Waals surface area contributed by atoms with Crippen LogP contribution in [0.4, 0.5) is 0 Å². The Bertz CT molecular complexity index is 1040. The molecule has 3 heterocycles. The van der Waals surface area contributed by atoms with E-state index in [1.807, 2.05) is 44.2 Å². The highest BCUT2D eigenvalue weighted by Gasteiger charge is 2.16. The molecule has 0 atom stereocenters. The van der Waals surface area contributed by atoms with Crippen LogP contribution in [0.25, 0.3) is 5.69 Å². The van der Waals surface area contributed by atoms with Crippen LogP contribution < -0.4 is 5.56 Å². The van der Waals surface area contributed by atoms with Crippen molar-refractivity contribution < 1.29 is 0 Å². The minimum Gasteiger partial charge on any atom is -0.279 e. The molecule has 0 aliphatic rings. The molecule has 0 bridgehead atoms. The normalized spacial score (nSPS) is 11.2. The van der Waals surface area contributed by atoms with Gasteiger partial charge in [-0.15, -0.1) is 11.8 Å². The van der Waals surface area contributed by atoms with E-state index in [2.05, 4.69) is 21.0 Å². The van der Waals surface area contributed by atoms with Gasteiger partial charge in [-0.05, 0) is 57.4 Å². The number of nitrogens with zero attached hydrogens (tertiary/aromatic N) is 5. The Morgan fingerprint density at radius 1 is 1.07 bits per heavy atom. The molecule has 3 aromatic rings. The highest BCUT2D eigenvalue weighted by molar-refractivity contribution is 7.99. The number of thioether (sulfide) groups is 1. The number of hydrogen-bond acceptors (Lipinski definition) is 6. The minimum atomic E-state index is -0.371. The number of rotatable bonds is 8. The number of aromatic nitrogens is 4. The highest BCUT2D eigenvalue weighted by atomic mass is 32.2. The van der Waals surface area contributed by atoms with Gasteiger partial charge < -0.3 is 0 Å². The van der Waals surface area contributed by atoms with Crippen LogP contribution in [-0.2, 0) is 12.8 Å². The van der Waals surface area contributed by atoms with Gasteiger partial charge in [-0.1, -0.05) is 6.07 Å². The summed E-state index contributed by atoms with van der Waals surface area (Å²) in [4.78, 5) is 25.8. The SMILES string of the molecule is CC(C)(C#N)CCc1ccc(-n2ccnc(SCCc3ccccn3)c2=O)cn1. The van der Waals surface area contributed by atoms with Gasteiger partial charge in [0.05, 0.1) is 23.4 Å². The number of nitriles is 1. The second-order valence-corrected chi connectivity index (χ2v) is 8.41. The first kappa shape index (κ1) is 20.7. The molecule has 0 spiro atoms. The Kier molecular flexibility index (Phi) is 6.78. The van der Waals surface area contributed by atoms with Gasteiger partial charge in [-0.3, -0.25) is 19.3 Å². The molecule has 7 heteroatoms. The van der Waals surface area contributed by atoms with Crippen LogP contribution in [0.3, 0.4) is 0 Å². The van der Waals surface area contributed by atoms with Gasteiger partial charge in [0.15, 0.2) is 5.03 Å². The molecule has 0 radical (unpaired) electrons. The molecule has 0 amide bonds. The maximum Gasteiger partial charge on any atom is 0.287 e.